The van der Waals surface area contributed by atoms with Crippen LogP contribution in [0.2, 0.25) is 0 Å². The van der Waals surface area contributed by atoms with Crippen molar-refractivity contribution in [2.45, 2.75) is 0 Å². The SMILES string of the molecule is O=C(O)CN1C(=O)/C(=C\C=C\c2ccco2)SC1=S. The Hall–Kier alpha value is -1.86. The minimum absolute atomic E-state index is 0.255. The molecular weight excluding hydrogens is 286 g/mol. The number of carbonyl (C=O) groups is 2. The first-order chi connectivity index (χ1) is 9.08. The maximum atomic E-state index is 11.9. The van der Waals surface area contributed by atoms with Gasteiger partial charge >= 0.3 is 5.97 Å². The van der Waals surface area contributed by atoms with E-state index in [-0.39, 0.29) is 10.2 Å². The molecule has 1 aromatic heterocycles. The number of thiocarbonyl (C=S) groups is 1. The highest BCUT2D eigenvalue weighted by Crippen LogP contribution is 2.30. The molecule has 1 aromatic rings. The number of carboxylic acids is 1. The summed E-state index contributed by atoms with van der Waals surface area (Å²) in [6, 6.07) is 3.53. The molecule has 0 atom stereocenters. The van der Waals surface area contributed by atoms with Crippen molar-refractivity contribution in [3.05, 3.63) is 41.2 Å². The van der Waals surface area contributed by atoms with Gasteiger partial charge in [-0.25, -0.2) is 0 Å². The number of hydrogen-bond donors (Lipinski definition) is 1. The van der Waals surface area contributed by atoms with Gasteiger partial charge in [-0.2, -0.15) is 0 Å². The average molecular weight is 295 g/mol. The highest BCUT2D eigenvalue weighted by molar-refractivity contribution is 8.26. The molecule has 5 nitrogen and oxygen atoms in total. The zero-order chi connectivity index (χ0) is 13.8. The third-order valence-corrected chi connectivity index (χ3v) is 3.61. The van der Waals surface area contributed by atoms with Gasteiger partial charge in [-0.3, -0.25) is 14.5 Å². The molecule has 0 aliphatic carbocycles. The largest absolute Gasteiger partial charge is 0.480 e. The maximum absolute atomic E-state index is 11.9. The van der Waals surface area contributed by atoms with Gasteiger partial charge in [0.05, 0.1) is 11.2 Å². The molecule has 1 saturated heterocycles. The van der Waals surface area contributed by atoms with Crippen LogP contribution in [-0.4, -0.2) is 32.7 Å². The number of amides is 1. The summed E-state index contributed by atoms with van der Waals surface area (Å²) >= 11 is 6.05. The Morgan fingerprint density at radius 1 is 1.58 bits per heavy atom. The van der Waals surface area contributed by atoms with E-state index in [1.807, 2.05) is 0 Å². The third kappa shape index (κ3) is 3.33. The molecule has 0 aromatic carbocycles. The summed E-state index contributed by atoms with van der Waals surface area (Å²) in [6.45, 7) is -0.413. The number of carboxylic acid groups (broad SMARTS) is 1. The Morgan fingerprint density at radius 3 is 3.00 bits per heavy atom. The fourth-order valence-electron chi connectivity index (χ4n) is 1.40. The highest BCUT2D eigenvalue weighted by atomic mass is 32.2. The van der Waals surface area contributed by atoms with Crippen LogP contribution in [0.15, 0.2) is 39.9 Å². The van der Waals surface area contributed by atoms with Crippen molar-refractivity contribution < 1.29 is 19.1 Å². The maximum Gasteiger partial charge on any atom is 0.323 e. The fourth-order valence-corrected chi connectivity index (χ4v) is 2.61. The molecule has 0 unspecified atom stereocenters. The lowest BCUT2D eigenvalue weighted by molar-refractivity contribution is -0.140. The molecule has 1 N–H and O–H groups in total. The van der Waals surface area contributed by atoms with E-state index in [2.05, 4.69) is 0 Å². The first-order valence-electron chi connectivity index (χ1n) is 5.25. The van der Waals surface area contributed by atoms with Gasteiger partial charge in [0, 0.05) is 0 Å². The summed E-state index contributed by atoms with van der Waals surface area (Å²) in [6.07, 6.45) is 6.49. The topological polar surface area (TPSA) is 70.8 Å². The van der Waals surface area contributed by atoms with Gasteiger partial charge in [0.2, 0.25) is 0 Å². The molecule has 1 fully saturated rings. The van der Waals surface area contributed by atoms with Crippen molar-refractivity contribution in [3.63, 3.8) is 0 Å². The second-order valence-electron chi connectivity index (χ2n) is 3.56. The Labute approximate surface area is 118 Å². The predicted octanol–water partition coefficient (Wildman–Crippen LogP) is 2.12. The molecule has 0 radical (unpaired) electrons. The van der Waals surface area contributed by atoms with Gasteiger partial charge in [0.1, 0.15) is 16.6 Å². The number of nitrogens with zero attached hydrogens (tertiary/aromatic N) is 1. The molecule has 0 spiro atoms. The summed E-state index contributed by atoms with van der Waals surface area (Å²) in [4.78, 5) is 23.9. The van der Waals surface area contributed by atoms with Crippen molar-refractivity contribution in [3.8, 4) is 0 Å². The van der Waals surface area contributed by atoms with E-state index in [9.17, 15) is 9.59 Å². The van der Waals surface area contributed by atoms with E-state index < -0.39 is 12.5 Å². The smallest absolute Gasteiger partial charge is 0.323 e. The number of furan rings is 1. The van der Waals surface area contributed by atoms with Gasteiger partial charge in [-0.15, -0.1) is 0 Å². The standard InChI is InChI=1S/C12H9NO4S2/c14-10(15)7-13-11(16)9(19-12(13)18)5-1-3-8-4-2-6-17-8/h1-6H,7H2,(H,14,15)/b3-1+,9-5+. The molecule has 2 rings (SSSR count). The summed E-state index contributed by atoms with van der Waals surface area (Å²) in [5.74, 6) is -0.817. The Balaban J connectivity index is 2.08. The molecule has 2 heterocycles. The van der Waals surface area contributed by atoms with Crippen LogP contribution in [0, 0.1) is 0 Å². The zero-order valence-corrected chi connectivity index (χ0v) is 11.2. The van der Waals surface area contributed by atoms with Crippen LogP contribution in [0.3, 0.4) is 0 Å². The van der Waals surface area contributed by atoms with Crippen molar-refractivity contribution in [1.29, 1.82) is 0 Å². The Morgan fingerprint density at radius 2 is 2.37 bits per heavy atom. The molecule has 98 valence electrons. The lowest BCUT2D eigenvalue weighted by atomic mass is 10.3. The molecule has 19 heavy (non-hydrogen) atoms. The van der Waals surface area contributed by atoms with Crippen molar-refractivity contribution in [1.82, 2.24) is 4.90 Å². The van der Waals surface area contributed by atoms with Crippen LogP contribution in [0.4, 0.5) is 0 Å². The van der Waals surface area contributed by atoms with E-state index in [0.29, 0.717) is 10.7 Å². The predicted molar refractivity (Wildman–Crippen MR) is 75.4 cm³/mol. The van der Waals surface area contributed by atoms with E-state index in [4.69, 9.17) is 21.7 Å². The molecule has 1 amide bonds. The van der Waals surface area contributed by atoms with Gasteiger partial charge in [-0.05, 0) is 24.3 Å². The monoisotopic (exact) mass is 295 g/mol. The van der Waals surface area contributed by atoms with Gasteiger partial charge < -0.3 is 9.52 Å². The van der Waals surface area contributed by atoms with E-state index >= 15 is 0 Å². The van der Waals surface area contributed by atoms with Crippen molar-refractivity contribution >= 4 is 46.3 Å². The van der Waals surface area contributed by atoms with Crippen LogP contribution in [0.5, 0.6) is 0 Å². The van der Waals surface area contributed by atoms with Crippen LogP contribution >= 0.6 is 24.0 Å². The summed E-state index contributed by atoms with van der Waals surface area (Å²) in [5.41, 5.74) is 0. The van der Waals surface area contributed by atoms with Crippen molar-refractivity contribution in [2.75, 3.05) is 6.54 Å². The van der Waals surface area contributed by atoms with Gasteiger partial charge in [-0.1, -0.05) is 30.1 Å². The molecule has 7 heteroatoms. The summed E-state index contributed by atoms with van der Waals surface area (Å²) < 4.78 is 5.35. The van der Waals surface area contributed by atoms with Crippen LogP contribution in [-0.2, 0) is 9.59 Å². The second kappa shape index (κ2) is 5.85. The zero-order valence-electron chi connectivity index (χ0n) is 9.61. The Bertz CT molecular complexity index is 575. The van der Waals surface area contributed by atoms with Crippen LogP contribution in [0.1, 0.15) is 5.76 Å². The minimum atomic E-state index is -1.09. The number of aliphatic carboxylic acids is 1. The van der Waals surface area contributed by atoms with Crippen molar-refractivity contribution in [2.24, 2.45) is 0 Å². The number of carbonyl (C=O) groups excluding carboxylic acids is 1. The van der Waals surface area contributed by atoms with Crippen LogP contribution in [0.25, 0.3) is 6.08 Å². The van der Waals surface area contributed by atoms with Gasteiger partial charge in [0.25, 0.3) is 5.91 Å². The number of allylic oxidation sites excluding steroid dienone is 2. The fraction of sp³-hybridized carbons (Fsp3) is 0.0833. The van der Waals surface area contributed by atoms with E-state index in [0.717, 1.165) is 16.7 Å². The quantitative estimate of drug-likeness (QED) is 0.677. The number of hydrogen-bond acceptors (Lipinski definition) is 5. The van der Waals surface area contributed by atoms with Crippen LogP contribution < -0.4 is 0 Å². The number of rotatable bonds is 4. The minimum Gasteiger partial charge on any atom is -0.480 e. The first-order valence-corrected chi connectivity index (χ1v) is 6.48. The van der Waals surface area contributed by atoms with E-state index in [1.165, 1.54) is 0 Å². The lowest BCUT2D eigenvalue weighted by Crippen LogP contribution is -2.33. The molecule has 1 aliphatic rings. The Kier molecular flexibility index (Phi) is 4.18. The lowest BCUT2D eigenvalue weighted by Gasteiger charge is -2.09. The first kappa shape index (κ1) is 13.6. The average Bonchev–Trinajstić information content (AvgIpc) is 2.94. The normalized spacial score (nSPS) is 17.9. The number of thioether (sulfide) groups is 1. The van der Waals surface area contributed by atoms with Gasteiger partial charge in [0.15, 0.2) is 0 Å². The molecular formula is C12H9NO4S2. The summed E-state index contributed by atoms with van der Waals surface area (Å²) in [7, 11) is 0. The molecule has 0 saturated carbocycles. The third-order valence-electron chi connectivity index (χ3n) is 2.22. The molecule has 0 bridgehead atoms. The summed E-state index contributed by atoms with van der Waals surface area (Å²) in [5, 5.41) is 8.69. The van der Waals surface area contributed by atoms with E-state index in [1.54, 1.807) is 36.6 Å². The highest BCUT2D eigenvalue weighted by Gasteiger charge is 2.32. The second-order valence-corrected chi connectivity index (χ2v) is 5.23. The molecule has 1 aliphatic heterocycles.